The fraction of sp³-hybridized carbons (Fsp3) is 0.381. The molecule has 3 rings (SSSR count). The van der Waals surface area contributed by atoms with Crippen molar-refractivity contribution < 1.29 is 14.3 Å². The molecule has 1 aliphatic heterocycles. The predicted molar refractivity (Wildman–Crippen MR) is 98.6 cm³/mol. The molecular formula is C21H25NO3. The molecule has 0 saturated carbocycles. The van der Waals surface area contributed by atoms with Gasteiger partial charge in [-0.25, -0.2) is 0 Å². The Hall–Kier alpha value is -2.49. The molecular weight excluding hydrogens is 314 g/mol. The Bertz CT molecular complexity index is 777. The van der Waals surface area contributed by atoms with Gasteiger partial charge in [0.15, 0.2) is 0 Å². The lowest BCUT2D eigenvalue weighted by Crippen LogP contribution is -2.34. The number of carbonyl (C=O) groups is 1. The maximum atomic E-state index is 12.3. The normalized spacial score (nSPS) is 16.1. The SMILES string of the molecule is COc1cccc(C(=O)NCC2Cc3cc(C(C)(C)C)ccc3O2)c1. The van der Waals surface area contributed by atoms with E-state index in [4.69, 9.17) is 9.47 Å². The smallest absolute Gasteiger partial charge is 0.251 e. The molecule has 1 atom stereocenters. The summed E-state index contributed by atoms with van der Waals surface area (Å²) in [5.41, 5.74) is 3.22. The van der Waals surface area contributed by atoms with Crippen molar-refractivity contribution in [1.29, 1.82) is 0 Å². The molecule has 1 amide bonds. The third kappa shape index (κ3) is 3.95. The van der Waals surface area contributed by atoms with Crippen molar-refractivity contribution in [3.05, 3.63) is 59.2 Å². The predicted octanol–water partition coefficient (Wildman–Crippen LogP) is 3.73. The van der Waals surface area contributed by atoms with Crippen LogP contribution in [0.25, 0.3) is 0 Å². The van der Waals surface area contributed by atoms with Crippen LogP contribution in [0.2, 0.25) is 0 Å². The third-order valence-electron chi connectivity index (χ3n) is 4.49. The van der Waals surface area contributed by atoms with Crippen molar-refractivity contribution in [2.45, 2.75) is 38.7 Å². The van der Waals surface area contributed by atoms with Crippen molar-refractivity contribution in [1.82, 2.24) is 5.32 Å². The molecule has 0 radical (unpaired) electrons. The standard InChI is InChI=1S/C21H25NO3/c1-21(2,3)16-8-9-19-15(10-16)12-18(25-19)13-22-20(23)14-6-5-7-17(11-14)24-4/h5-11,18H,12-13H2,1-4H3,(H,22,23). The van der Waals surface area contributed by atoms with Gasteiger partial charge in [0.05, 0.1) is 13.7 Å². The van der Waals surface area contributed by atoms with E-state index in [2.05, 4.69) is 38.2 Å². The number of hydrogen-bond donors (Lipinski definition) is 1. The first kappa shape index (κ1) is 17.3. The van der Waals surface area contributed by atoms with Crippen LogP contribution >= 0.6 is 0 Å². The highest BCUT2D eigenvalue weighted by Gasteiger charge is 2.25. The Balaban J connectivity index is 1.60. The van der Waals surface area contributed by atoms with Crippen LogP contribution in [0.3, 0.4) is 0 Å². The third-order valence-corrected chi connectivity index (χ3v) is 4.49. The second-order valence-electron chi connectivity index (χ2n) is 7.46. The number of methoxy groups -OCH3 is 1. The average Bonchev–Trinajstić information content (AvgIpc) is 3.01. The summed E-state index contributed by atoms with van der Waals surface area (Å²) in [6.45, 7) is 7.10. The van der Waals surface area contributed by atoms with Crippen LogP contribution in [0.1, 0.15) is 42.3 Å². The molecule has 4 nitrogen and oxygen atoms in total. The van der Waals surface area contributed by atoms with Crippen LogP contribution in [-0.4, -0.2) is 25.7 Å². The minimum atomic E-state index is -0.117. The lowest BCUT2D eigenvalue weighted by Gasteiger charge is -2.19. The molecule has 1 aliphatic rings. The molecule has 0 aromatic heterocycles. The van der Waals surface area contributed by atoms with Gasteiger partial charge >= 0.3 is 0 Å². The Morgan fingerprint density at radius 2 is 2.04 bits per heavy atom. The number of rotatable bonds is 4. The Morgan fingerprint density at radius 3 is 2.76 bits per heavy atom. The lowest BCUT2D eigenvalue weighted by atomic mass is 9.86. The van der Waals surface area contributed by atoms with Crippen LogP contribution in [0.15, 0.2) is 42.5 Å². The van der Waals surface area contributed by atoms with Crippen molar-refractivity contribution in [3.63, 3.8) is 0 Å². The number of amides is 1. The first-order valence-corrected chi connectivity index (χ1v) is 8.59. The quantitative estimate of drug-likeness (QED) is 0.923. The molecule has 0 fully saturated rings. The van der Waals surface area contributed by atoms with Crippen LogP contribution in [0.5, 0.6) is 11.5 Å². The van der Waals surface area contributed by atoms with Gasteiger partial charge in [-0.3, -0.25) is 4.79 Å². The highest BCUT2D eigenvalue weighted by molar-refractivity contribution is 5.94. The Kier molecular flexibility index (Phi) is 4.71. The van der Waals surface area contributed by atoms with Gasteiger partial charge in [0.1, 0.15) is 17.6 Å². The lowest BCUT2D eigenvalue weighted by molar-refractivity contribution is 0.0933. The Labute approximate surface area is 149 Å². The van der Waals surface area contributed by atoms with Gasteiger partial charge < -0.3 is 14.8 Å². The fourth-order valence-corrected chi connectivity index (χ4v) is 2.97. The molecule has 1 heterocycles. The average molecular weight is 339 g/mol. The van der Waals surface area contributed by atoms with E-state index in [1.807, 2.05) is 18.2 Å². The van der Waals surface area contributed by atoms with E-state index in [0.29, 0.717) is 17.9 Å². The zero-order valence-corrected chi connectivity index (χ0v) is 15.3. The molecule has 132 valence electrons. The van der Waals surface area contributed by atoms with Crippen molar-refractivity contribution >= 4 is 5.91 Å². The number of hydrogen-bond acceptors (Lipinski definition) is 3. The number of benzene rings is 2. The molecule has 0 bridgehead atoms. The molecule has 0 aliphatic carbocycles. The zero-order chi connectivity index (χ0) is 18.0. The first-order valence-electron chi connectivity index (χ1n) is 8.59. The van der Waals surface area contributed by atoms with E-state index in [9.17, 15) is 4.79 Å². The number of nitrogens with one attached hydrogen (secondary N) is 1. The molecule has 0 spiro atoms. The minimum absolute atomic E-state index is 0.0280. The van der Waals surface area contributed by atoms with Gasteiger partial charge in [0, 0.05) is 12.0 Å². The molecule has 1 N–H and O–H groups in total. The van der Waals surface area contributed by atoms with Gasteiger partial charge in [0.2, 0.25) is 0 Å². The molecule has 1 unspecified atom stereocenters. The monoisotopic (exact) mass is 339 g/mol. The van der Waals surface area contributed by atoms with Gasteiger partial charge in [-0.15, -0.1) is 0 Å². The summed E-state index contributed by atoms with van der Waals surface area (Å²) in [5, 5.41) is 2.95. The molecule has 0 saturated heterocycles. The van der Waals surface area contributed by atoms with Crippen molar-refractivity contribution in [2.75, 3.05) is 13.7 Å². The summed E-state index contributed by atoms with van der Waals surface area (Å²) in [6.07, 6.45) is 0.789. The van der Waals surface area contributed by atoms with Crippen LogP contribution in [0.4, 0.5) is 0 Å². The van der Waals surface area contributed by atoms with E-state index >= 15 is 0 Å². The molecule has 4 heteroatoms. The van der Waals surface area contributed by atoms with Gasteiger partial charge in [-0.05, 0) is 40.8 Å². The van der Waals surface area contributed by atoms with Crippen LogP contribution in [0, 0.1) is 0 Å². The van der Waals surface area contributed by atoms with Crippen molar-refractivity contribution in [2.24, 2.45) is 0 Å². The van der Waals surface area contributed by atoms with Crippen LogP contribution < -0.4 is 14.8 Å². The maximum absolute atomic E-state index is 12.3. The van der Waals surface area contributed by atoms with E-state index in [1.54, 1.807) is 19.2 Å². The van der Waals surface area contributed by atoms with Crippen LogP contribution in [-0.2, 0) is 11.8 Å². The largest absolute Gasteiger partial charge is 0.497 e. The van der Waals surface area contributed by atoms with E-state index in [0.717, 1.165) is 12.2 Å². The van der Waals surface area contributed by atoms with Crippen molar-refractivity contribution in [3.8, 4) is 11.5 Å². The Morgan fingerprint density at radius 1 is 1.24 bits per heavy atom. The van der Waals surface area contributed by atoms with E-state index in [-0.39, 0.29) is 17.4 Å². The van der Waals surface area contributed by atoms with Gasteiger partial charge in [0.25, 0.3) is 5.91 Å². The fourth-order valence-electron chi connectivity index (χ4n) is 2.97. The number of fused-ring (bicyclic) bond motifs is 1. The minimum Gasteiger partial charge on any atom is -0.497 e. The molecule has 2 aromatic rings. The highest BCUT2D eigenvalue weighted by atomic mass is 16.5. The second kappa shape index (κ2) is 6.79. The van der Waals surface area contributed by atoms with Gasteiger partial charge in [-0.2, -0.15) is 0 Å². The summed E-state index contributed by atoms with van der Waals surface area (Å²) in [4.78, 5) is 12.3. The topological polar surface area (TPSA) is 47.6 Å². The second-order valence-corrected chi connectivity index (χ2v) is 7.46. The highest BCUT2D eigenvalue weighted by Crippen LogP contribution is 2.33. The summed E-state index contributed by atoms with van der Waals surface area (Å²) in [6, 6.07) is 13.5. The summed E-state index contributed by atoms with van der Waals surface area (Å²) in [5.74, 6) is 1.48. The van der Waals surface area contributed by atoms with E-state index < -0.39 is 0 Å². The summed E-state index contributed by atoms with van der Waals surface area (Å²) < 4.78 is 11.1. The summed E-state index contributed by atoms with van der Waals surface area (Å²) in [7, 11) is 1.59. The van der Waals surface area contributed by atoms with E-state index in [1.165, 1.54) is 11.1 Å². The first-order chi connectivity index (χ1) is 11.9. The zero-order valence-electron chi connectivity index (χ0n) is 15.3. The molecule has 2 aromatic carbocycles. The summed E-state index contributed by atoms with van der Waals surface area (Å²) >= 11 is 0. The van der Waals surface area contributed by atoms with Gasteiger partial charge in [-0.1, -0.05) is 39.0 Å². The molecule has 25 heavy (non-hydrogen) atoms. The maximum Gasteiger partial charge on any atom is 0.251 e. The number of carbonyl (C=O) groups excluding carboxylic acids is 1. The number of ether oxygens (including phenoxy) is 2.